The van der Waals surface area contributed by atoms with E-state index in [9.17, 15) is 14.7 Å². The van der Waals surface area contributed by atoms with Crippen molar-refractivity contribution in [3.05, 3.63) is 35.4 Å². The minimum atomic E-state index is -0.910. The SMILES string of the molecule is CN1CCN(Cc2ccc(C(=O)N3CCC[C@H]3C(=O)O)cc2)CC1. The van der Waals surface area contributed by atoms with Crippen LogP contribution in [-0.2, 0) is 11.3 Å². The van der Waals surface area contributed by atoms with Gasteiger partial charge in [-0.3, -0.25) is 9.69 Å². The van der Waals surface area contributed by atoms with Gasteiger partial charge in [0.1, 0.15) is 6.04 Å². The van der Waals surface area contributed by atoms with Crippen LogP contribution in [0.2, 0.25) is 0 Å². The molecule has 1 amide bonds. The smallest absolute Gasteiger partial charge is 0.326 e. The molecule has 2 fully saturated rings. The highest BCUT2D eigenvalue weighted by atomic mass is 16.4. The molecule has 6 heteroatoms. The van der Waals surface area contributed by atoms with Crippen LogP contribution in [0.1, 0.15) is 28.8 Å². The Morgan fingerprint density at radius 3 is 2.38 bits per heavy atom. The lowest BCUT2D eigenvalue weighted by molar-refractivity contribution is -0.141. The highest BCUT2D eigenvalue weighted by Crippen LogP contribution is 2.21. The Labute approximate surface area is 142 Å². The van der Waals surface area contributed by atoms with Gasteiger partial charge in [-0.25, -0.2) is 4.79 Å². The number of amides is 1. The number of carboxylic acid groups (broad SMARTS) is 1. The summed E-state index contributed by atoms with van der Waals surface area (Å²) < 4.78 is 0. The molecule has 0 unspecified atom stereocenters. The molecule has 3 rings (SSSR count). The number of carbonyl (C=O) groups excluding carboxylic acids is 1. The van der Waals surface area contributed by atoms with E-state index in [2.05, 4.69) is 16.8 Å². The molecule has 0 aliphatic carbocycles. The minimum Gasteiger partial charge on any atom is -0.480 e. The number of hydrogen-bond acceptors (Lipinski definition) is 4. The Morgan fingerprint density at radius 1 is 1.08 bits per heavy atom. The van der Waals surface area contributed by atoms with Crippen LogP contribution in [0.25, 0.3) is 0 Å². The summed E-state index contributed by atoms with van der Waals surface area (Å²) in [7, 11) is 2.14. The molecule has 6 nitrogen and oxygen atoms in total. The fourth-order valence-corrected chi connectivity index (χ4v) is 3.45. The predicted molar refractivity (Wildman–Crippen MR) is 90.9 cm³/mol. The lowest BCUT2D eigenvalue weighted by Gasteiger charge is -2.32. The summed E-state index contributed by atoms with van der Waals surface area (Å²) >= 11 is 0. The highest BCUT2D eigenvalue weighted by molar-refractivity contribution is 5.97. The fraction of sp³-hybridized carbons (Fsp3) is 0.556. The van der Waals surface area contributed by atoms with Crippen molar-refractivity contribution in [2.24, 2.45) is 0 Å². The first kappa shape index (κ1) is 16.9. The van der Waals surface area contributed by atoms with Crippen molar-refractivity contribution in [2.45, 2.75) is 25.4 Å². The van der Waals surface area contributed by atoms with Crippen molar-refractivity contribution >= 4 is 11.9 Å². The molecule has 0 spiro atoms. The molecule has 1 atom stereocenters. The molecule has 0 saturated carbocycles. The summed E-state index contributed by atoms with van der Waals surface area (Å²) in [5, 5.41) is 9.22. The lowest BCUT2D eigenvalue weighted by Crippen LogP contribution is -2.43. The van der Waals surface area contributed by atoms with Gasteiger partial charge < -0.3 is 14.9 Å². The van der Waals surface area contributed by atoms with Crippen molar-refractivity contribution in [3.8, 4) is 0 Å². The van der Waals surface area contributed by atoms with Crippen molar-refractivity contribution in [3.63, 3.8) is 0 Å². The second-order valence-electron chi connectivity index (χ2n) is 6.77. The number of carbonyl (C=O) groups is 2. The van der Waals surface area contributed by atoms with Crippen LogP contribution in [0, 0.1) is 0 Å². The van der Waals surface area contributed by atoms with Crippen molar-refractivity contribution in [2.75, 3.05) is 39.8 Å². The third-order valence-corrected chi connectivity index (χ3v) is 5.00. The number of piperazine rings is 1. The van der Waals surface area contributed by atoms with Crippen LogP contribution in [0.5, 0.6) is 0 Å². The van der Waals surface area contributed by atoms with Crippen LogP contribution in [-0.4, -0.2) is 77.5 Å². The van der Waals surface area contributed by atoms with E-state index in [0.29, 0.717) is 18.5 Å². The Kier molecular flexibility index (Phi) is 5.16. The topological polar surface area (TPSA) is 64.1 Å². The number of nitrogens with zero attached hydrogens (tertiary/aromatic N) is 3. The molecular weight excluding hydrogens is 306 g/mol. The van der Waals surface area contributed by atoms with E-state index >= 15 is 0 Å². The van der Waals surface area contributed by atoms with E-state index in [1.807, 2.05) is 24.3 Å². The number of likely N-dealkylation sites (tertiary alicyclic amines) is 1. The normalized spacial score (nSPS) is 22.7. The molecule has 1 aromatic rings. The van der Waals surface area contributed by atoms with Gasteiger partial charge in [-0.1, -0.05) is 12.1 Å². The molecular formula is C18H25N3O3. The van der Waals surface area contributed by atoms with Gasteiger partial charge in [0, 0.05) is 44.8 Å². The maximum Gasteiger partial charge on any atom is 0.326 e. The van der Waals surface area contributed by atoms with Gasteiger partial charge in [0.2, 0.25) is 0 Å². The monoisotopic (exact) mass is 331 g/mol. The van der Waals surface area contributed by atoms with Crippen molar-refractivity contribution in [1.29, 1.82) is 0 Å². The number of likely N-dealkylation sites (N-methyl/N-ethyl adjacent to an activating group) is 1. The Balaban J connectivity index is 1.61. The number of carboxylic acids is 1. The number of hydrogen-bond donors (Lipinski definition) is 1. The van der Waals surface area contributed by atoms with Crippen LogP contribution in [0.15, 0.2) is 24.3 Å². The summed E-state index contributed by atoms with van der Waals surface area (Å²) in [6.45, 7) is 5.71. The highest BCUT2D eigenvalue weighted by Gasteiger charge is 2.34. The molecule has 2 aliphatic rings. The molecule has 1 aromatic carbocycles. The first-order chi connectivity index (χ1) is 11.5. The molecule has 0 radical (unpaired) electrons. The molecule has 24 heavy (non-hydrogen) atoms. The third kappa shape index (κ3) is 3.76. The zero-order valence-corrected chi connectivity index (χ0v) is 14.1. The van der Waals surface area contributed by atoms with Crippen molar-refractivity contribution in [1.82, 2.24) is 14.7 Å². The molecule has 130 valence electrons. The summed E-state index contributed by atoms with van der Waals surface area (Å²) in [5.74, 6) is -1.08. The van der Waals surface area contributed by atoms with Crippen LogP contribution in [0.3, 0.4) is 0 Å². The minimum absolute atomic E-state index is 0.175. The molecule has 0 aromatic heterocycles. The zero-order chi connectivity index (χ0) is 17.1. The van der Waals surface area contributed by atoms with Gasteiger partial charge in [-0.15, -0.1) is 0 Å². The predicted octanol–water partition coefficient (Wildman–Crippen LogP) is 1.12. The van der Waals surface area contributed by atoms with E-state index in [0.717, 1.165) is 39.1 Å². The summed E-state index contributed by atoms with van der Waals surface area (Å²) in [4.78, 5) is 30.0. The largest absolute Gasteiger partial charge is 0.480 e. The van der Waals surface area contributed by atoms with E-state index < -0.39 is 12.0 Å². The average molecular weight is 331 g/mol. The summed E-state index contributed by atoms with van der Waals surface area (Å²) in [5.41, 5.74) is 1.76. The van der Waals surface area contributed by atoms with E-state index in [4.69, 9.17) is 0 Å². The quantitative estimate of drug-likeness (QED) is 0.896. The Bertz CT molecular complexity index is 594. The Morgan fingerprint density at radius 2 is 1.75 bits per heavy atom. The lowest BCUT2D eigenvalue weighted by atomic mass is 10.1. The van der Waals surface area contributed by atoms with Crippen LogP contribution < -0.4 is 0 Å². The second kappa shape index (κ2) is 7.32. The zero-order valence-electron chi connectivity index (χ0n) is 14.1. The third-order valence-electron chi connectivity index (χ3n) is 5.00. The molecule has 2 saturated heterocycles. The maximum absolute atomic E-state index is 12.5. The first-order valence-electron chi connectivity index (χ1n) is 8.58. The van der Waals surface area contributed by atoms with Gasteiger partial charge in [-0.2, -0.15) is 0 Å². The van der Waals surface area contributed by atoms with Gasteiger partial charge >= 0.3 is 5.97 Å². The summed E-state index contributed by atoms with van der Waals surface area (Å²) in [6.07, 6.45) is 1.30. The Hall–Kier alpha value is -1.92. The number of rotatable bonds is 4. The molecule has 1 N–H and O–H groups in total. The van der Waals surface area contributed by atoms with Crippen LogP contribution in [0.4, 0.5) is 0 Å². The molecule has 2 aliphatic heterocycles. The number of aliphatic carboxylic acids is 1. The first-order valence-corrected chi connectivity index (χ1v) is 8.58. The maximum atomic E-state index is 12.5. The van der Waals surface area contributed by atoms with E-state index in [1.54, 1.807) is 0 Å². The van der Waals surface area contributed by atoms with E-state index in [1.165, 1.54) is 10.5 Å². The van der Waals surface area contributed by atoms with Gasteiger partial charge in [0.25, 0.3) is 5.91 Å². The van der Waals surface area contributed by atoms with Crippen molar-refractivity contribution < 1.29 is 14.7 Å². The average Bonchev–Trinajstić information content (AvgIpc) is 3.07. The van der Waals surface area contributed by atoms with Gasteiger partial charge in [0.15, 0.2) is 0 Å². The van der Waals surface area contributed by atoms with Gasteiger partial charge in [-0.05, 0) is 37.6 Å². The fourth-order valence-electron chi connectivity index (χ4n) is 3.45. The molecule has 2 heterocycles. The standard InChI is InChI=1S/C18H25N3O3/c1-19-9-11-20(12-10-19)13-14-4-6-15(7-5-14)17(22)21-8-2-3-16(21)18(23)24/h4-7,16H,2-3,8-13H2,1H3,(H,23,24)/t16-/m0/s1. The summed E-state index contributed by atoms with van der Waals surface area (Å²) in [6, 6.07) is 6.94. The van der Waals surface area contributed by atoms with Gasteiger partial charge in [0.05, 0.1) is 0 Å². The molecule has 0 bridgehead atoms. The van der Waals surface area contributed by atoms with Crippen LogP contribution >= 0.6 is 0 Å². The van der Waals surface area contributed by atoms with E-state index in [-0.39, 0.29) is 5.91 Å². The number of benzene rings is 1. The second-order valence-corrected chi connectivity index (χ2v) is 6.77.